The molecule has 21 heavy (non-hydrogen) atoms. The number of carbonyl (C=O) groups excluding carboxylic acids is 1. The number of hydrogen-bond donors (Lipinski definition) is 2. The fraction of sp³-hybridized carbons (Fsp3) is 0.611. The van der Waals surface area contributed by atoms with E-state index in [0.29, 0.717) is 12.6 Å². The molecular weight excluding hydrogens is 260 g/mol. The van der Waals surface area contributed by atoms with Gasteiger partial charge in [0, 0.05) is 11.7 Å². The van der Waals surface area contributed by atoms with Crippen LogP contribution in [0.15, 0.2) is 12.1 Å². The highest BCUT2D eigenvalue weighted by atomic mass is 16.1. The Morgan fingerprint density at radius 1 is 1.05 bits per heavy atom. The van der Waals surface area contributed by atoms with Crippen molar-refractivity contribution in [2.45, 2.75) is 65.3 Å². The minimum Gasteiger partial charge on any atom is -0.324 e. The lowest BCUT2D eigenvalue weighted by Gasteiger charge is -2.17. The SMILES string of the molecule is Cc1cc(C)c(NC(=O)CNC2CCCCCC2)c(C)c1. The van der Waals surface area contributed by atoms with Crippen molar-refractivity contribution in [2.24, 2.45) is 0 Å². The maximum absolute atomic E-state index is 12.2. The molecule has 2 rings (SSSR count). The van der Waals surface area contributed by atoms with Gasteiger partial charge in [-0.3, -0.25) is 4.79 Å². The van der Waals surface area contributed by atoms with Crippen LogP contribution in [0.2, 0.25) is 0 Å². The summed E-state index contributed by atoms with van der Waals surface area (Å²) in [6.45, 7) is 6.60. The molecule has 0 heterocycles. The molecule has 0 saturated heterocycles. The highest BCUT2D eigenvalue weighted by Crippen LogP contribution is 2.22. The molecule has 2 N–H and O–H groups in total. The van der Waals surface area contributed by atoms with Gasteiger partial charge in [-0.25, -0.2) is 0 Å². The highest BCUT2D eigenvalue weighted by molar-refractivity contribution is 5.93. The lowest BCUT2D eigenvalue weighted by atomic mass is 10.1. The Morgan fingerprint density at radius 2 is 1.62 bits per heavy atom. The molecule has 1 aliphatic carbocycles. The molecule has 3 nitrogen and oxygen atoms in total. The van der Waals surface area contributed by atoms with Gasteiger partial charge in [-0.1, -0.05) is 43.4 Å². The van der Waals surface area contributed by atoms with E-state index in [0.717, 1.165) is 16.8 Å². The normalized spacial score (nSPS) is 16.5. The van der Waals surface area contributed by atoms with Crippen LogP contribution in [-0.4, -0.2) is 18.5 Å². The van der Waals surface area contributed by atoms with E-state index in [1.165, 1.54) is 44.1 Å². The van der Waals surface area contributed by atoms with Gasteiger partial charge in [-0.05, 0) is 44.7 Å². The predicted octanol–water partition coefficient (Wildman–Crippen LogP) is 3.86. The average molecular weight is 288 g/mol. The topological polar surface area (TPSA) is 41.1 Å². The van der Waals surface area contributed by atoms with Crippen LogP contribution in [0.4, 0.5) is 5.69 Å². The molecule has 1 saturated carbocycles. The summed E-state index contributed by atoms with van der Waals surface area (Å²) in [4.78, 5) is 12.2. The molecule has 0 aliphatic heterocycles. The fourth-order valence-corrected chi connectivity index (χ4v) is 3.28. The Hall–Kier alpha value is -1.35. The lowest BCUT2D eigenvalue weighted by Crippen LogP contribution is -2.36. The standard InChI is InChI=1S/C18H28N2O/c1-13-10-14(2)18(15(3)11-13)20-17(21)12-19-16-8-6-4-5-7-9-16/h10-11,16,19H,4-9,12H2,1-3H3,(H,20,21). The first kappa shape index (κ1) is 16.0. The second-order valence-electron chi connectivity index (χ2n) is 6.39. The van der Waals surface area contributed by atoms with Gasteiger partial charge in [0.15, 0.2) is 0 Å². The van der Waals surface area contributed by atoms with E-state index in [4.69, 9.17) is 0 Å². The van der Waals surface area contributed by atoms with Crippen LogP contribution in [0, 0.1) is 20.8 Å². The molecule has 0 atom stereocenters. The van der Waals surface area contributed by atoms with Crippen LogP contribution >= 0.6 is 0 Å². The molecule has 0 bridgehead atoms. The number of amides is 1. The monoisotopic (exact) mass is 288 g/mol. The largest absolute Gasteiger partial charge is 0.324 e. The number of rotatable bonds is 4. The summed E-state index contributed by atoms with van der Waals surface area (Å²) in [7, 11) is 0. The minimum atomic E-state index is 0.0642. The van der Waals surface area contributed by atoms with Gasteiger partial charge >= 0.3 is 0 Å². The van der Waals surface area contributed by atoms with Crippen molar-refractivity contribution in [2.75, 3.05) is 11.9 Å². The van der Waals surface area contributed by atoms with E-state index < -0.39 is 0 Å². The third-order valence-electron chi connectivity index (χ3n) is 4.35. The van der Waals surface area contributed by atoms with Crippen LogP contribution < -0.4 is 10.6 Å². The first-order chi connectivity index (χ1) is 10.1. The predicted molar refractivity (Wildman–Crippen MR) is 88.8 cm³/mol. The fourth-order valence-electron chi connectivity index (χ4n) is 3.28. The van der Waals surface area contributed by atoms with Gasteiger partial charge in [0.05, 0.1) is 6.54 Å². The third-order valence-corrected chi connectivity index (χ3v) is 4.35. The Bertz CT molecular complexity index is 465. The molecule has 1 aromatic carbocycles. The Kier molecular flexibility index (Phi) is 5.80. The number of benzene rings is 1. The van der Waals surface area contributed by atoms with E-state index in [2.05, 4.69) is 29.7 Å². The highest BCUT2D eigenvalue weighted by Gasteiger charge is 2.14. The maximum Gasteiger partial charge on any atom is 0.238 e. The molecule has 0 radical (unpaired) electrons. The van der Waals surface area contributed by atoms with E-state index in [1.807, 2.05) is 13.8 Å². The molecule has 0 spiro atoms. The Morgan fingerprint density at radius 3 is 2.19 bits per heavy atom. The van der Waals surface area contributed by atoms with Crippen molar-refractivity contribution in [1.29, 1.82) is 0 Å². The van der Waals surface area contributed by atoms with E-state index in [1.54, 1.807) is 0 Å². The molecule has 0 aromatic heterocycles. The van der Waals surface area contributed by atoms with Crippen LogP contribution in [0.5, 0.6) is 0 Å². The van der Waals surface area contributed by atoms with E-state index in [9.17, 15) is 4.79 Å². The molecule has 1 aromatic rings. The quantitative estimate of drug-likeness (QED) is 0.826. The molecular formula is C18H28N2O. The van der Waals surface area contributed by atoms with E-state index in [-0.39, 0.29) is 5.91 Å². The van der Waals surface area contributed by atoms with Crippen molar-refractivity contribution in [3.8, 4) is 0 Å². The lowest BCUT2D eigenvalue weighted by molar-refractivity contribution is -0.115. The molecule has 1 amide bonds. The summed E-state index contributed by atoms with van der Waals surface area (Å²) in [5.41, 5.74) is 4.47. The number of aryl methyl sites for hydroxylation is 3. The minimum absolute atomic E-state index is 0.0642. The Labute approximate surface area is 128 Å². The number of carbonyl (C=O) groups is 1. The average Bonchev–Trinajstić information content (AvgIpc) is 2.69. The zero-order valence-electron chi connectivity index (χ0n) is 13.6. The summed E-state index contributed by atoms with van der Waals surface area (Å²) < 4.78 is 0. The zero-order valence-corrected chi connectivity index (χ0v) is 13.6. The van der Waals surface area contributed by atoms with Crippen LogP contribution in [0.1, 0.15) is 55.2 Å². The second kappa shape index (κ2) is 7.60. The Balaban J connectivity index is 1.87. The van der Waals surface area contributed by atoms with E-state index >= 15 is 0 Å². The summed E-state index contributed by atoms with van der Waals surface area (Å²) >= 11 is 0. The number of nitrogens with one attached hydrogen (secondary N) is 2. The van der Waals surface area contributed by atoms with Crippen molar-refractivity contribution in [3.05, 3.63) is 28.8 Å². The van der Waals surface area contributed by atoms with Crippen molar-refractivity contribution < 1.29 is 4.79 Å². The first-order valence-electron chi connectivity index (χ1n) is 8.17. The van der Waals surface area contributed by atoms with Crippen LogP contribution in [-0.2, 0) is 4.79 Å². The second-order valence-corrected chi connectivity index (χ2v) is 6.39. The third kappa shape index (κ3) is 4.85. The van der Waals surface area contributed by atoms with Gasteiger partial charge in [0.1, 0.15) is 0 Å². The van der Waals surface area contributed by atoms with Crippen molar-refractivity contribution in [1.82, 2.24) is 5.32 Å². The van der Waals surface area contributed by atoms with Crippen LogP contribution in [0.3, 0.4) is 0 Å². The molecule has 1 fully saturated rings. The van der Waals surface area contributed by atoms with Gasteiger partial charge < -0.3 is 10.6 Å². The number of hydrogen-bond acceptors (Lipinski definition) is 2. The maximum atomic E-state index is 12.2. The molecule has 3 heteroatoms. The van der Waals surface area contributed by atoms with Crippen LogP contribution in [0.25, 0.3) is 0 Å². The molecule has 116 valence electrons. The van der Waals surface area contributed by atoms with Gasteiger partial charge in [0.25, 0.3) is 0 Å². The van der Waals surface area contributed by atoms with Gasteiger partial charge in [-0.15, -0.1) is 0 Å². The zero-order chi connectivity index (χ0) is 15.2. The summed E-state index contributed by atoms with van der Waals surface area (Å²) in [6.07, 6.45) is 7.66. The summed E-state index contributed by atoms with van der Waals surface area (Å²) in [5.74, 6) is 0.0642. The smallest absolute Gasteiger partial charge is 0.238 e. The van der Waals surface area contributed by atoms with Gasteiger partial charge in [0.2, 0.25) is 5.91 Å². The van der Waals surface area contributed by atoms with Crippen molar-refractivity contribution >= 4 is 11.6 Å². The summed E-state index contributed by atoms with van der Waals surface area (Å²) in [6, 6.07) is 4.74. The van der Waals surface area contributed by atoms with Crippen molar-refractivity contribution in [3.63, 3.8) is 0 Å². The first-order valence-corrected chi connectivity index (χ1v) is 8.17. The molecule has 1 aliphatic rings. The number of anilines is 1. The summed E-state index contributed by atoms with van der Waals surface area (Å²) in [5, 5.41) is 6.48. The molecule has 0 unspecified atom stereocenters. The van der Waals surface area contributed by atoms with Gasteiger partial charge in [-0.2, -0.15) is 0 Å².